The van der Waals surface area contributed by atoms with E-state index in [1.54, 1.807) is 0 Å². The molecule has 20 heavy (non-hydrogen) atoms. The van der Waals surface area contributed by atoms with Crippen LogP contribution in [0.3, 0.4) is 0 Å². The van der Waals surface area contributed by atoms with E-state index in [4.69, 9.17) is 0 Å². The fourth-order valence-electron chi connectivity index (χ4n) is 2.63. The number of hydrogen-bond acceptors (Lipinski definition) is 3. The van der Waals surface area contributed by atoms with Crippen LogP contribution in [-0.2, 0) is 7.05 Å². The van der Waals surface area contributed by atoms with Gasteiger partial charge in [0.25, 0.3) is 0 Å². The highest BCUT2D eigenvalue weighted by molar-refractivity contribution is 5.78. The lowest BCUT2D eigenvalue weighted by Crippen LogP contribution is -2.20. The molecule has 2 heterocycles. The molecule has 4 heteroatoms. The Bertz CT molecular complexity index is 745. The topological polar surface area (TPSA) is 42.7 Å². The zero-order valence-corrected chi connectivity index (χ0v) is 12.0. The third kappa shape index (κ3) is 2.18. The number of hydrogen-bond donors (Lipinski definition) is 1. The molecule has 1 N–H and O–H groups in total. The van der Waals surface area contributed by atoms with Gasteiger partial charge in [-0.25, -0.2) is 0 Å². The smallest absolute Gasteiger partial charge is 0.0761 e. The lowest BCUT2D eigenvalue weighted by molar-refractivity contribution is 0.604. The third-order valence-corrected chi connectivity index (χ3v) is 3.57. The SMILES string of the molecule is CNC(c1cnc2ccccc2c1)c1cc(C)nn1C. The minimum absolute atomic E-state index is 0.0957. The van der Waals surface area contributed by atoms with E-state index in [-0.39, 0.29) is 6.04 Å². The molecular weight excluding hydrogens is 248 g/mol. The Morgan fingerprint density at radius 1 is 1.20 bits per heavy atom. The Balaban J connectivity index is 2.09. The molecule has 102 valence electrons. The molecule has 0 fully saturated rings. The molecule has 0 saturated carbocycles. The summed E-state index contributed by atoms with van der Waals surface area (Å²) in [6.07, 6.45) is 1.94. The second-order valence-corrected chi connectivity index (χ2v) is 5.02. The quantitative estimate of drug-likeness (QED) is 0.792. The number of pyridine rings is 1. The van der Waals surface area contributed by atoms with Crippen LogP contribution in [0.4, 0.5) is 0 Å². The molecule has 0 radical (unpaired) electrons. The van der Waals surface area contributed by atoms with Crippen molar-refractivity contribution in [3.05, 3.63) is 59.5 Å². The standard InChI is InChI=1S/C16H18N4/c1-11-8-15(20(3)19-11)16(17-2)13-9-12-6-4-5-7-14(12)18-10-13/h4-10,16-17H,1-3H3. The van der Waals surface area contributed by atoms with Crippen molar-refractivity contribution in [3.8, 4) is 0 Å². The van der Waals surface area contributed by atoms with Gasteiger partial charge < -0.3 is 5.32 Å². The first-order valence-electron chi connectivity index (χ1n) is 6.71. The van der Waals surface area contributed by atoms with Crippen LogP contribution in [0.15, 0.2) is 42.6 Å². The van der Waals surface area contributed by atoms with E-state index in [9.17, 15) is 0 Å². The van der Waals surface area contributed by atoms with E-state index in [1.165, 1.54) is 0 Å². The summed E-state index contributed by atoms with van der Waals surface area (Å²) < 4.78 is 1.92. The van der Waals surface area contributed by atoms with Crippen molar-refractivity contribution in [2.45, 2.75) is 13.0 Å². The second-order valence-electron chi connectivity index (χ2n) is 5.02. The predicted octanol–water partition coefficient (Wildman–Crippen LogP) is 2.59. The van der Waals surface area contributed by atoms with Crippen molar-refractivity contribution < 1.29 is 0 Å². The molecule has 2 aromatic heterocycles. The average Bonchev–Trinajstić information content (AvgIpc) is 2.78. The zero-order valence-electron chi connectivity index (χ0n) is 12.0. The second kappa shape index (κ2) is 5.06. The molecule has 0 aliphatic carbocycles. The lowest BCUT2D eigenvalue weighted by atomic mass is 10.0. The summed E-state index contributed by atoms with van der Waals surface area (Å²) in [5, 5.41) is 8.93. The molecule has 3 rings (SSSR count). The number of para-hydroxylation sites is 1. The Kier molecular flexibility index (Phi) is 3.24. The van der Waals surface area contributed by atoms with Gasteiger partial charge in [-0.2, -0.15) is 5.10 Å². The van der Waals surface area contributed by atoms with Gasteiger partial charge in [0.2, 0.25) is 0 Å². The minimum Gasteiger partial charge on any atom is -0.308 e. The van der Waals surface area contributed by atoms with Crippen molar-refractivity contribution in [3.63, 3.8) is 0 Å². The molecule has 0 saturated heterocycles. The predicted molar refractivity (Wildman–Crippen MR) is 80.6 cm³/mol. The van der Waals surface area contributed by atoms with Crippen molar-refractivity contribution >= 4 is 10.9 Å². The fourth-order valence-corrected chi connectivity index (χ4v) is 2.63. The fraction of sp³-hybridized carbons (Fsp3) is 0.250. The molecule has 1 unspecified atom stereocenters. The maximum atomic E-state index is 4.54. The van der Waals surface area contributed by atoms with E-state index >= 15 is 0 Å². The first-order valence-corrected chi connectivity index (χ1v) is 6.71. The summed E-state index contributed by atoms with van der Waals surface area (Å²) in [5.41, 5.74) is 4.33. The molecule has 4 nitrogen and oxygen atoms in total. The first kappa shape index (κ1) is 12.8. The number of fused-ring (bicyclic) bond motifs is 1. The number of nitrogens with one attached hydrogen (secondary N) is 1. The summed E-state index contributed by atoms with van der Waals surface area (Å²) in [5.74, 6) is 0. The van der Waals surface area contributed by atoms with Gasteiger partial charge in [-0.3, -0.25) is 9.67 Å². The highest BCUT2D eigenvalue weighted by Gasteiger charge is 2.17. The van der Waals surface area contributed by atoms with Crippen LogP contribution < -0.4 is 5.32 Å². The van der Waals surface area contributed by atoms with Gasteiger partial charge in [0.05, 0.1) is 22.9 Å². The summed E-state index contributed by atoms with van der Waals surface area (Å²) in [6, 6.07) is 12.6. The number of aryl methyl sites for hydroxylation is 2. The van der Waals surface area contributed by atoms with Crippen molar-refractivity contribution in [1.82, 2.24) is 20.1 Å². The molecule has 0 aliphatic heterocycles. The summed E-state index contributed by atoms with van der Waals surface area (Å²) in [4.78, 5) is 4.54. The molecule has 1 atom stereocenters. The number of benzene rings is 1. The lowest BCUT2D eigenvalue weighted by Gasteiger charge is -2.17. The van der Waals surface area contributed by atoms with Crippen LogP contribution in [0.2, 0.25) is 0 Å². The van der Waals surface area contributed by atoms with Gasteiger partial charge in [0, 0.05) is 18.6 Å². The Hall–Kier alpha value is -2.20. The number of nitrogens with zero attached hydrogens (tertiary/aromatic N) is 3. The molecule has 0 bridgehead atoms. The Labute approximate surface area is 118 Å². The van der Waals surface area contributed by atoms with Gasteiger partial charge in [0.15, 0.2) is 0 Å². The Morgan fingerprint density at radius 2 is 2.00 bits per heavy atom. The molecule has 0 spiro atoms. The first-order chi connectivity index (χ1) is 9.69. The molecule has 0 aliphatic rings. The van der Waals surface area contributed by atoms with Gasteiger partial charge >= 0.3 is 0 Å². The van der Waals surface area contributed by atoms with Crippen LogP contribution >= 0.6 is 0 Å². The van der Waals surface area contributed by atoms with E-state index in [0.29, 0.717) is 0 Å². The van der Waals surface area contributed by atoms with Crippen molar-refractivity contribution in [1.29, 1.82) is 0 Å². The zero-order chi connectivity index (χ0) is 14.1. The number of rotatable bonds is 3. The van der Waals surface area contributed by atoms with Gasteiger partial charge in [-0.15, -0.1) is 0 Å². The number of aromatic nitrogens is 3. The summed E-state index contributed by atoms with van der Waals surface area (Å²) in [7, 11) is 3.93. The van der Waals surface area contributed by atoms with Crippen molar-refractivity contribution in [2.75, 3.05) is 7.05 Å². The largest absolute Gasteiger partial charge is 0.308 e. The van der Waals surface area contributed by atoms with E-state index in [1.807, 2.05) is 50.1 Å². The van der Waals surface area contributed by atoms with Gasteiger partial charge in [-0.05, 0) is 37.7 Å². The molecule has 3 aromatic rings. The van der Waals surface area contributed by atoms with E-state index in [2.05, 4.69) is 33.6 Å². The van der Waals surface area contributed by atoms with E-state index < -0.39 is 0 Å². The van der Waals surface area contributed by atoms with Crippen LogP contribution in [0.1, 0.15) is 23.0 Å². The minimum atomic E-state index is 0.0957. The summed E-state index contributed by atoms with van der Waals surface area (Å²) >= 11 is 0. The van der Waals surface area contributed by atoms with Crippen LogP contribution in [-0.4, -0.2) is 21.8 Å². The van der Waals surface area contributed by atoms with Crippen molar-refractivity contribution in [2.24, 2.45) is 7.05 Å². The molecular formula is C16H18N4. The van der Waals surface area contributed by atoms with E-state index in [0.717, 1.165) is 27.9 Å². The third-order valence-electron chi connectivity index (χ3n) is 3.57. The highest BCUT2D eigenvalue weighted by Crippen LogP contribution is 2.24. The monoisotopic (exact) mass is 266 g/mol. The maximum absolute atomic E-state index is 4.54. The average molecular weight is 266 g/mol. The normalized spacial score (nSPS) is 12.8. The maximum Gasteiger partial charge on any atom is 0.0761 e. The Morgan fingerprint density at radius 3 is 2.70 bits per heavy atom. The summed E-state index contributed by atoms with van der Waals surface area (Å²) in [6.45, 7) is 2.01. The van der Waals surface area contributed by atoms with Gasteiger partial charge in [0.1, 0.15) is 0 Å². The highest BCUT2D eigenvalue weighted by atomic mass is 15.3. The van der Waals surface area contributed by atoms with Crippen LogP contribution in [0.25, 0.3) is 10.9 Å². The van der Waals surface area contributed by atoms with Crippen LogP contribution in [0, 0.1) is 6.92 Å². The van der Waals surface area contributed by atoms with Crippen LogP contribution in [0.5, 0.6) is 0 Å². The molecule has 1 aromatic carbocycles. The van der Waals surface area contributed by atoms with Gasteiger partial charge in [-0.1, -0.05) is 18.2 Å². The molecule has 0 amide bonds.